The van der Waals surface area contributed by atoms with Crippen LogP contribution < -0.4 is 10.2 Å². The topological polar surface area (TPSA) is 121 Å². The van der Waals surface area contributed by atoms with Crippen LogP contribution >= 0.6 is 0 Å². The molecule has 8 heteroatoms. The summed E-state index contributed by atoms with van der Waals surface area (Å²) in [5.74, 6) is -2.05. The zero-order valence-corrected chi connectivity index (χ0v) is 42.4. The molecule has 8 nitrogen and oxygen atoms in total. The molecule has 0 aliphatic heterocycles. The first-order valence-electron chi connectivity index (χ1n) is 26.5. The molecule has 0 aliphatic rings. The number of quaternary nitrogens is 2. The molecule has 0 aromatic carbocycles. The minimum absolute atomic E-state index is 0.0484. The Morgan fingerprint density at radius 3 is 0.885 bits per heavy atom. The summed E-state index contributed by atoms with van der Waals surface area (Å²) < 4.78 is 0.813. The van der Waals surface area contributed by atoms with Gasteiger partial charge in [0.1, 0.15) is 30.8 Å². The summed E-state index contributed by atoms with van der Waals surface area (Å²) >= 11 is 0. The predicted octanol–water partition coefficient (Wildman–Crippen LogP) is 11.6. The van der Waals surface area contributed by atoms with Gasteiger partial charge in [0.15, 0.2) is 0 Å². The third kappa shape index (κ3) is 43.8. The van der Waals surface area contributed by atoms with E-state index >= 15 is 0 Å². The number of nitrogens with zero attached hydrogens (tertiary/aromatic N) is 2. The van der Waals surface area contributed by atoms with Crippen molar-refractivity contribution in [1.29, 1.82) is 0 Å². The highest BCUT2D eigenvalue weighted by Crippen LogP contribution is 2.27. The molecule has 366 valence electrons. The van der Waals surface area contributed by atoms with Gasteiger partial charge in [-0.15, -0.1) is 0 Å². The molecule has 0 radical (unpaired) electrons. The monoisotopic (exact) mass is 869 g/mol. The van der Waals surface area contributed by atoms with Crippen LogP contribution in [0.3, 0.4) is 0 Å². The van der Waals surface area contributed by atoms with Gasteiger partial charge in [0.2, 0.25) is 0 Å². The van der Waals surface area contributed by atoms with Crippen molar-refractivity contribution in [3.63, 3.8) is 0 Å². The Morgan fingerprint density at radius 1 is 0.377 bits per heavy atom. The summed E-state index contributed by atoms with van der Waals surface area (Å²) in [5.41, 5.74) is -1.44. The number of aliphatic hydroxyl groups is 2. The van der Waals surface area contributed by atoms with Crippen LogP contribution in [0.5, 0.6) is 0 Å². The number of aliphatic carboxylic acids is 2. The van der Waals surface area contributed by atoms with Crippen LogP contribution in [0.15, 0.2) is 0 Å². The highest BCUT2D eigenvalue weighted by atomic mass is 16.4. The molecule has 0 amide bonds. The molecule has 2 N–H and O–H groups in total. The molecule has 0 saturated heterocycles. The zero-order valence-electron chi connectivity index (χ0n) is 42.4. The summed E-state index contributed by atoms with van der Waals surface area (Å²) in [4.78, 5) is 21.8. The number of carbonyl (C=O) groups excluding carboxylic acids is 2. The maximum absolute atomic E-state index is 11.3. The Labute approximate surface area is 380 Å². The molecule has 61 heavy (non-hydrogen) atoms. The molecule has 0 heterocycles. The molecule has 0 fully saturated rings. The summed E-state index contributed by atoms with van der Waals surface area (Å²) in [5, 5.41) is 44.2. The Morgan fingerprint density at radius 2 is 0.623 bits per heavy atom. The normalized spacial score (nSPS) is 14.0. The van der Waals surface area contributed by atoms with Crippen molar-refractivity contribution in [3.05, 3.63) is 0 Å². The fourth-order valence-corrected chi connectivity index (χ4v) is 9.35. The van der Waals surface area contributed by atoms with Crippen LogP contribution in [0.2, 0.25) is 0 Å². The van der Waals surface area contributed by atoms with Crippen molar-refractivity contribution < 1.29 is 39.0 Å². The van der Waals surface area contributed by atoms with Crippen LogP contribution in [0.4, 0.5) is 0 Å². The van der Waals surface area contributed by atoms with Crippen molar-refractivity contribution >= 4 is 11.9 Å². The van der Waals surface area contributed by atoms with Gasteiger partial charge >= 0.3 is 0 Å². The van der Waals surface area contributed by atoms with E-state index in [-0.39, 0.29) is 17.4 Å². The minimum atomic E-state index is -1.05. The van der Waals surface area contributed by atoms with Gasteiger partial charge < -0.3 is 39.0 Å². The Bertz CT molecular complexity index is 990. The molecule has 0 rings (SSSR count). The second-order valence-corrected chi connectivity index (χ2v) is 20.9. The summed E-state index contributed by atoms with van der Waals surface area (Å²) in [7, 11) is 7.78. The van der Waals surface area contributed by atoms with E-state index in [4.69, 9.17) is 0 Å². The minimum Gasteiger partial charge on any atom is -0.550 e. The van der Waals surface area contributed by atoms with Crippen LogP contribution in [-0.4, -0.2) is 96.7 Å². The van der Waals surface area contributed by atoms with Crippen LogP contribution in [-0.2, 0) is 9.59 Å². The maximum Gasteiger partial charge on any atom is 0.119 e. The number of likely N-dealkylation sites (N-methyl/N-ethyl adjacent to an activating group) is 2. The number of rotatable bonds is 45. The van der Waals surface area contributed by atoms with Gasteiger partial charge in [0, 0.05) is 12.4 Å². The van der Waals surface area contributed by atoms with E-state index in [0.29, 0.717) is 24.1 Å². The van der Waals surface area contributed by atoms with Gasteiger partial charge in [-0.05, 0) is 25.7 Å². The van der Waals surface area contributed by atoms with E-state index in [9.17, 15) is 30.0 Å². The Kier molecular flexibility index (Phi) is 40.9. The van der Waals surface area contributed by atoms with E-state index in [1.54, 1.807) is 0 Å². The molecule has 0 bridgehead atoms. The van der Waals surface area contributed by atoms with Gasteiger partial charge in [-0.3, -0.25) is 0 Å². The molecule has 2 atom stereocenters. The quantitative estimate of drug-likeness (QED) is 0.0464. The van der Waals surface area contributed by atoms with E-state index in [1.807, 2.05) is 28.2 Å². The van der Waals surface area contributed by atoms with E-state index in [1.165, 1.54) is 167 Å². The molecule has 0 aliphatic carbocycles. The third-order valence-corrected chi connectivity index (χ3v) is 12.9. The van der Waals surface area contributed by atoms with E-state index < -0.39 is 23.1 Å². The average Bonchev–Trinajstić information content (AvgIpc) is 3.18. The summed E-state index contributed by atoms with van der Waals surface area (Å²) in [6, 6.07) is 0. The second kappa shape index (κ2) is 40.3. The molecular weight excluding hydrogens is 761 g/mol. The Balaban J connectivity index is 0. The van der Waals surface area contributed by atoms with Crippen molar-refractivity contribution in [2.45, 2.75) is 276 Å². The summed E-state index contributed by atoms with van der Waals surface area (Å²) in [6.07, 6.45) is 44.8. The highest BCUT2D eigenvalue weighted by Gasteiger charge is 2.35. The van der Waals surface area contributed by atoms with Crippen LogP contribution in [0.1, 0.15) is 265 Å². The van der Waals surface area contributed by atoms with Gasteiger partial charge in [0.25, 0.3) is 0 Å². The molecule has 0 aromatic rings. The Hall–Kier alpha value is -1.22. The lowest BCUT2D eigenvalue weighted by Crippen LogP contribution is -2.56. The standard InChI is InChI=1S/C27H55NO3.C26H53NO3/c1-5-7-9-10-11-12-13-14-15-16-17-18-19-20-23-27(31,22-8-6-2)25-28(3,4)24-21-26(29)30;1-5-7-9-10-11-12-13-14-15-16-17-18-19-20-22-26(30,21-8-6-2)24-27(3,4)23-25(28)29/h31H,5-25H2,1-4H3;30H,5-24H2,1-4H3. The first-order chi connectivity index (χ1) is 29.0. The molecular formula is C53H108N2O6. The first kappa shape index (κ1) is 61.9. The largest absolute Gasteiger partial charge is 0.550 e. The van der Waals surface area contributed by atoms with Gasteiger partial charge in [-0.25, -0.2) is 0 Å². The number of hydrogen-bond acceptors (Lipinski definition) is 6. The first-order valence-corrected chi connectivity index (χ1v) is 26.5. The number of carbonyl (C=O) groups is 2. The molecule has 0 spiro atoms. The fraction of sp³-hybridized carbons (Fsp3) is 0.962. The number of unbranched alkanes of at least 4 members (excludes halogenated alkanes) is 28. The van der Waals surface area contributed by atoms with Gasteiger partial charge in [-0.2, -0.15) is 0 Å². The smallest absolute Gasteiger partial charge is 0.119 e. The van der Waals surface area contributed by atoms with E-state index in [0.717, 1.165) is 64.2 Å². The summed E-state index contributed by atoms with van der Waals surface area (Å²) in [6.45, 7) is 10.4. The third-order valence-electron chi connectivity index (χ3n) is 12.9. The van der Waals surface area contributed by atoms with Gasteiger partial charge in [-0.1, -0.05) is 233 Å². The number of hydrogen-bond donors (Lipinski definition) is 2. The van der Waals surface area contributed by atoms with Crippen LogP contribution in [0, 0.1) is 0 Å². The number of carboxylic acids is 2. The van der Waals surface area contributed by atoms with Crippen molar-refractivity contribution in [3.8, 4) is 0 Å². The average molecular weight is 869 g/mol. The fourth-order valence-electron chi connectivity index (χ4n) is 9.35. The predicted molar refractivity (Wildman–Crippen MR) is 257 cm³/mol. The molecule has 0 saturated carbocycles. The number of carboxylic acid groups (broad SMARTS) is 2. The molecule has 0 aromatic heterocycles. The van der Waals surface area contributed by atoms with Crippen molar-refractivity contribution in [2.75, 3.05) is 54.4 Å². The lowest BCUT2D eigenvalue weighted by Gasteiger charge is -2.39. The lowest BCUT2D eigenvalue weighted by molar-refractivity contribution is -0.896. The zero-order chi connectivity index (χ0) is 46.1. The SMILES string of the molecule is CCCCCCCCCCCCCCCCC(O)(CCCC)C[N+](C)(C)CC(=O)[O-].CCCCCCCCCCCCCCCCC(O)(CCCC)C[N+](C)(C)CCC(=O)[O-]. The van der Waals surface area contributed by atoms with Crippen molar-refractivity contribution in [1.82, 2.24) is 0 Å². The van der Waals surface area contributed by atoms with Crippen molar-refractivity contribution in [2.24, 2.45) is 0 Å². The highest BCUT2D eigenvalue weighted by molar-refractivity contribution is 5.65. The lowest BCUT2D eigenvalue weighted by atomic mass is 9.89. The van der Waals surface area contributed by atoms with Gasteiger partial charge in [0.05, 0.1) is 40.7 Å². The molecule has 2 unspecified atom stereocenters. The van der Waals surface area contributed by atoms with Crippen LogP contribution in [0.25, 0.3) is 0 Å². The van der Waals surface area contributed by atoms with E-state index in [2.05, 4.69) is 27.7 Å². The second-order valence-electron chi connectivity index (χ2n) is 20.9. The maximum atomic E-state index is 11.3.